The summed E-state index contributed by atoms with van der Waals surface area (Å²) in [6.07, 6.45) is -1.78. The molecule has 2 fully saturated rings. The maximum atomic E-state index is 13.1. The van der Waals surface area contributed by atoms with Gasteiger partial charge < -0.3 is 0 Å². The minimum Gasteiger partial charge on any atom is -0.267 e. The lowest BCUT2D eigenvalue weighted by Crippen LogP contribution is -2.52. The normalized spacial score (nSPS) is 26.9. The predicted octanol–water partition coefficient (Wildman–Crippen LogP) is 4.98. The second-order valence-corrected chi connectivity index (χ2v) is 12.5. The molecule has 6 nitrogen and oxygen atoms in total. The van der Waals surface area contributed by atoms with Crippen LogP contribution in [0.15, 0.2) is 48.5 Å². The molecule has 11 heteroatoms. The van der Waals surface area contributed by atoms with Gasteiger partial charge in [0.2, 0.25) is 0 Å². The molecule has 1 aromatic heterocycles. The Morgan fingerprint density at radius 1 is 1.03 bits per heavy atom. The number of fused-ring (bicyclic) bond motifs is 1. The maximum Gasteiger partial charge on any atom is 0.402 e. The number of aromatic nitrogens is 2. The van der Waals surface area contributed by atoms with Crippen LogP contribution in [-0.2, 0) is 30.1 Å². The molecule has 196 valence electrons. The smallest absolute Gasteiger partial charge is 0.267 e. The van der Waals surface area contributed by atoms with Crippen molar-refractivity contribution in [2.24, 2.45) is 18.9 Å². The monoisotopic (exact) mass is 550 g/mol. The fourth-order valence-electron chi connectivity index (χ4n) is 6.50. The summed E-state index contributed by atoms with van der Waals surface area (Å²) in [5.74, 6) is -0.126. The van der Waals surface area contributed by atoms with Crippen LogP contribution in [0.25, 0.3) is 22.5 Å². The number of alkyl halides is 3. The Bertz CT molecular complexity index is 1470. The summed E-state index contributed by atoms with van der Waals surface area (Å²) >= 11 is 6.03. The van der Waals surface area contributed by atoms with Crippen LogP contribution in [0.4, 0.5) is 13.2 Å². The molecule has 0 radical (unpaired) electrons. The molecular weight excluding hydrogens is 525 g/mol. The van der Waals surface area contributed by atoms with Gasteiger partial charge in [0.15, 0.2) is 0 Å². The van der Waals surface area contributed by atoms with Crippen LogP contribution >= 0.6 is 11.6 Å². The minimum absolute atomic E-state index is 0.0519. The third kappa shape index (κ3) is 4.37. The van der Waals surface area contributed by atoms with Crippen LogP contribution in [0.5, 0.6) is 0 Å². The molecule has 1 saturated carbocycles. The van der Waals surface area contributed by atoms with Crippen LogP contribution in [-0.4, -0.2) is 47.3 Å². The van der Waals surface area contributed by atoms with E-state index in [0.717, 1.165) is 46.5 Å². The molecule has 1 N–H and O–H groups in total. The molecular formula is C26H26ClF3N4O2S. The molecule has 3 atom stereocenters. The summed E-state index contributed by atoms with van der Waals surface area (Å²) in [7, 11) is -2.31. The first-order chi connectivity index (χ1) is 17.4. The fraction of sp³-hybridized carbons (Fsp3) is 0.423. The Morgan fingerprint density at radius 3 is 2.35 bits per heavy atom. The second kappa shape index (κ2) is 8.56. The molecule has 0 amide bonds. The molecule has 6 rings (SSSR count). The van der Waals surface area contributed by atoms with Gasteiger partial charge in [-0.3, -0.25) is 4.68 Å². The summed E-state index contributed by atoms with van der Waals surface area (Å²) in [5, 5.41) is 5.37. The molecule has 2 bridgehead atoms. The Kier molecular flexibility index (Phi) is 5.76. The highest BCUT2D eigenvalue weighted by atomic mass is 35.5. The molecule has 37 heavy (non-hydrogen) atoms. The zero-order chi connectivity index (χ0) is 26.2. The second-order valence-electron chi connectivity index (χ2n) is 10.4. The van der Waals surface area contributed by atoms with Crippen LogP contribution in [0.1, 0.15) is 24.0 Å². The largest absolute Gasteiger partial charge is 0.402 e. The van der Waals surface area contributed by atoms with E-state index in [2.05, 4.69) is 16.9 Å². The molecule has 3 unspecified atom stereocenters. The number of nitrogens with zero attached hydrogens (tertiary/aromatic N) is 3. The number of hydrogen-bond acceptors (Lipinski definition) is 3. The van der Waals surface area contributed by atoms with Crippen molar-refractivity contribution in [1.82, 2.24) is 18.8 Å². The van der Waals surface area contributed by atoms with Crippen LogP contribution < -0.4 is 4.72 Å². The van der Waals surface area contributed by atoms with Gasteiger partial charge in [0.25, 0.3) is 10.2 Å². The molecule has 2 heterocycles. The molecule has 1 saturated heterocycles. The van der Waals surface area contributed by atoms with E-state index < -0.39 is 28.5 Å². The van der Waals surface area contributed by atoms with E-state index in [0.29, 0.717) is 22.2 Å². The van der Waals surface area contributed by atoms with E-state index in [-0.39, 0.29) is 18.4 Å². The van der Waals surface area contributed by atoms with Gasteiger partial charge in [-0.25, -0.2) is 0 Å². The van der Waals surface area contributed by atoms with Crippen LogP contribution in [0, 0.1) is 11.8 Å². The zero-order valence-electron chi connectivity index (χ0n) is 20.1. The van der Waals surface area contributed by atoms with Crippen molar-refractivity contribution in [1.29, 1.82) is 0 Å². The lowest BCUT2D eigenvalue weighted by Gasteiger charge is -2.33. The summed E-state index contributed by atoms with van der Waals surface area (Å²) < 4.78 is 69.9. The van der Waals surface area contributed by atoms with E-state index in [4.69, 9.17) is 16.7 Å². The van der Waals surface area contributed by atoms with E-state index >= 15 is 0 Å². The van der Waals surface area contributed by atoms with E-state index in [9.17, 15) is 21.6 Å². The van der Waals surface area contributed by atoms with Gasteiger partial charge in [0, 0.05) is 24.2 Å². The first-order valence-electron chi connectivity index (χ1n) is 12.2. The number of benzene rings is 2. The van der Waals surface area contributed by atoms with Crippen molar-refractivity contribution in [3.8, 4) is 22.5 Å². The Hall–Kier alpha value is -2.40. The number of nitrogens with one attached hydrogen (secondary N) is 1. The number of hydrogen-bond donors (Lipinski definition) is 1. The lowest BCUT2D eigenvalue weighted by atomic mass is 9.79. The molecule has 1 aliphatic heterocycles. The van der Waals surface area contributed by atoms with Crippen molar-refractivity contribution >= 4 is 21.8 Å². The third-order valence-corrected chi connectivity index (χ3v) is 10.1. The SMILES string of the molecule is Cn1nc(-c2ccc3c(c2)CC2CCC(C3)C23CN(CC(F)(F)F)S(=O)(=O)N3)cc1-c1ccc(Cl)cc1. The molecule has 3 aliphatic rings. The predicted molar refractivity (Wildman–Crippen MR) is 135 cm³/mol. The van der Waals surface area contributed by atoms with Crippen molar-refractivity contribution < 1.29 is 21.6 Å². The Labute approximate surface area is 218 Å². The van der Waals surface area contributed by atoms with Crippen molar-refractivity contribution in [2.45, 2.75) is 37.4 Å². The Balaban J connectivity index is 1.31. The van der Waals surface area contributed by atoms with Crippen molar-refractivity contribution in [3.63, 3.8) is 0 Å². The van der Waals surface area contributed by atoms with Crippen LogP contribution in [0.2, 0.25) is 5.02 Å². The summed E-state index contributed by atoms with van der Waals surface area (Å²) in [6, 6.07) is 15.8. The Morgan fingerprint density at radius 2 is 1.68 bits per heavy atom. The van der Waals surface area contributed by atoms with Gasteiger partial charge in [-0.1, -0.05) is 35.9 Å². The molecule has 3 aromatic rings. The maximum absolute atomic E-state index is 13.1. The number of rotatable bonds is 3. The van der Waals surface area contributed by atoms with Crippen molar-refractivity contribution in [3.05, 3.63) is 64.7 Å². The minimum atomic E-state index is -4.59. The fourth-order valence-corrected chi connectivity index (χ4v) is 8.34. The van der Waals surface area contributed by atoms with Crippen molar-refractivity contribution in [2.75, 3.05) is 13.1 Å². The first-order valence-corrected chi connectivity index (χ1v) is 14.0. The summed E-state index contributed by atoms with van der Waals surface area (Å²) in [5.41, 5.74) is 5.07. The molecule has 2 aliphatic carbocycles. The number of aryl methyl sites for hydroxylation is 1. The van der Waals surface area contributed by atoms with Gasteiger partial charge in [0.05, 0.1) is 16.9 Å². The number of halogens is 4. The summed E-state index contributed by atoms with van der Waals surface area (Å²) in [6.45, 7) is -1.61. The average molecular weight is 551 g/mol. The van der Waals surface area contributed by atoms with Gasteiger partial charge >= 0.3 is 6.18 Å². The first kappa shape index (κ1) is 24.9. The van der Waals surface area contributed by atoms with E-state index in [1.807, 2.05) is 48.1 Å². The highest BCUT2D eigenvalue weighted by Crippen LogP contribution is 2.51. The third-order valence-electron chi connectivity index (χ3n) is 8.23. The average Bonchev–Trinajstić information content (AvgIpc) is 3.38. The van der Waals surface area contributed by atoms with Gasteiger partial charge in [-0.05, 0) is 78.5 Å². The van der Waals surface area contributed by atoms with Crippen LogP contribution in [0.3, 0.4) is 0 Å². The van der Waals surface area contributed by atoms with Gasteiger partial charge in [-0.2, -0.15) is 35.7 Å². The standard InChI is InChI=1S/C26H26ClF3N4O2S/c1-33-24(16-4-8-22(27)9-5-16)13-23(31-33)18-3-2-17-11-20-6-7-21(12-19(17)10-18)25(20)14-34(15-26(28,29)30)37(35,36)32-25/h2-5,8-10,13,20-21,32H,6-7,11-12,14-15H2,1H3. The highest BCUT2D eigenvalue weighted by molar-refractivity contribution is 7.87. The topological polar surface area (TPSA) is 67.2 Å². The summed E-state index contributed by atoms with van der Waals surface area (Å²) in [4.78, 5) is 0. The van der Waals surface area contributed by atoms with E-state index in [1.54, 1.807) is 0 Å². The lowest BCUT2D eigenvalue weighted by molar-refractivity contribution is -0.136. The van der Waals surface area contributed by atoms with Gasteiger partial charge in [0.1, 0.15) is 6.54 Å². The van der Waals surface area contributed by atoms with Gasteiger partial charge in [-0.15, -0.1) is 0 Å². The zero-order valence-corrected chi connectivity index (χ0v) is 21.7. The van der Waals surface area contributed by atoms with E-state index in [1.165, 1.54) is 0 Å². The highest BCUT2D eigenvalue weighted by Gasteiger charge is 2.60. The molecule has 1 spiro atoms. The molecule has 2 aromatic carbocycles. The quantitative estimate of drug-likeness (QED) is 0.500.